The summed E-state index contributed by atoms with van der Waals surface area (Å²) in [7, 11) is 0. The SMILES string of the molecule is CCCCCCCCCc1cnc(-c2ccc(C(=O)Oc3ccc(C(=O)OC(CCCCCC)C(F)(F)F)c(F)c3)cc2)nc1. The first-order valence-electron chi connectivity index (χ1n) is 15.8. The molecule has 1 heterocycles. The normalized spacial score (nSPS) is 12.1. The van der Waals surface area contributed by atoms with Crippen LogP contribution in [-0.2, 0) is 11.2 Å². The fourth-order valence-electron chi connectivity index (χ4n) is 4.80. The van der Waals surface area contributed by atoms with Crippen molar-refractivity contribution >= 4 is 11.9 Å². The van der Waals surface area contributed by atoms with Crippen LogP contribution in [0.4, 0.5) is 17.6 Å². The van der Waals surface area contributed by atoms with Gasteiger partial charge < -0.3 is 9.47 Å². The lowest BCUT2D eigenvalue weighted by molar-refractivity contribution is -0.206. The van der Waals surface area contributed by atoms with Gasteiger partial charge in [0.25, 0.3) is 0 Å². The largest absolute Gasteiger partial charge is 0.449 e. The first kappa shape index (κ1) is 35.7. The predicted molar refractivity (Wildman–Crippen MR) is 165 cm³/mol. The van der Waals surface area contributed by atoms with E-state index in [4.69, 9.17) is 4.74 Å². The van der Waals surface area contributed by atoms with Crippen molar-refractivity contribution in [1.29, 1.82) is 0 Å². The van der Waals surface area contributed by atoms with Crippen LogP contribution in [0.15, 0.2) is 54.9 Å². The van der Waals surface area contributed by atoms with Gasteiger partial charge in [0.05, 0.1) is 11.1 Å². The third-order valence-corrected chi connectivity index (χ3v) is 7.46. The van der Waals surface area contributed by atoms with Crippen LogP contribution in [0.5, 0.6) is 5.75 Å². The topological polar surface area (TPSA) is 78.4 Å². The van der Waals surface area contributed by atoms with Crippen LogP contribution >= 0.6 is 0 Å². The molecule has 1 atom stereocenters. The number of hydrogen-bond acceptors (Lipinski definition) is 6. The van der Waals surface area contributed by atoms with E-state index in [0.29, 0.717) is 17.8 Å². The number of halogens is 4. The molecular formula is C35H42F4N2O4. The Bertz CT molecular complexity index is 1350. The third kappa shape index (κ3) is 11.9. The average molecular weight is 631 g/mol. The molecule has 0 amide bonds. The highest BCUT2D eigenvalue weighted by atomic mass is 19.4. The number of ether oxygens (including phenoxy) is 2. The van der Waals surface area contributed by atoms with Gasteiger partial charge in [-0.3, -0.25) is 0 Å². The van der Waals surface area contributed by atoms with Gasteiger partial charge in [-0.2, -0.15) is 13.2 Å². The second kappa shape index (κ2) is 18.2. The van der Waals surface area contributed by atoms with E-state index in [-0.39, 0.29) is 17.7 Å². The molecule has 0 spiro atoms. The van der Waals surface area contributed by atoms with E-state index in [0.717, 1.165) is 49.4 Å². The number of rotatable bonds is 18. The second-order valence-electron chi connectivity index (χ2n) is 11.2. The Morgan fingerprint density at radius 1 is 0.778 bits per heavy atom. The summed E-state index contributed by atoms with van der Waals surface area (Å²) in [5, 5.41) is 0. The molecule has 244 valence electrons. The Balaban J connectivity index is 1.53. The van der Waals surface area contributed by atoms with Crippen LogP contribution in [0.1, 0.15) is 117 Å². The number of aryl methyl sites for hydroxylation is 1. The minimum absolute atomic E-state index is 0.175. The molecule has 0 saturated carbocycles. The molecule has 0 saturated heterocycles. The van der Waals surface area contributed by atoms with Crippen molar-refractivity contribution in [3.8, 4) is 17.1 Å². The molecule has 10 heteroatoms. The number of carbonyl (C=O) groups excluding carboxylic acids is 2. The summed E-state index contributed by atoms with van der Waals surface area (Å²) in [6, 6.07) is 9.19. The van der Waals surface area contributed by atoms with Crippen LogP contribution in [-0.4, -0.2) is 34.2 Å². The zero-order valence-electron chi connectivity index (χ0n) is 26.0. The first-order chi connectivity index (χ1) is 21.6. The highest BCUT2D eigenvalue weighted by Crippen LogP contribution is 2.29. The van der Waals surface area contributed by atoms with Gasteiger partial charge in [-0.1, -0.05) is 83.8 Å². The summed E-state index contributed by atoms with van der Waals surface area (Å²) >= 11 is 0. The lowest BCUT2D eigenvalue weighted by atomic mass is 10.1. The Labute approximate surface area is 262 Å². The summed E-state index contributed by atoms with van der Waals surface area (Å²) in [6.45, 7) is 4.13. The van der Waals surface area contributed by atoms with Crippen molar-refractivity contribution in [3.63, 3.8) is 0 Å². The van der Waals surface area contributed by atoms with Crippen molar-refractivity contribution in [2.24, 2.45) is 0 Å². The van der Waals surface area contributed by atoms with Gasteiger partial charge in [0.1, 0.15) is 11.6 Å². The molecule has 2 aromatic carbocycles. The van der Waals surface area contributed by atoms with Gasteiger partial charge in [0.2, 0.25) is 0 Å². The molecule has 6 nitrogen and oxygen atoms in total. The summed E-state index contributed by atoms with van der Waals surface area (Å²) in [5.74, 6) is -3.10. The van der Waals surface area contributed by atoms with E-state index in [1.54, 1.807) is 12.1 Å². The van der Waals surface area contributed by atoms with Crippen molar-refractivity contribution in [1.82, 2.24) is 9.97 Å². The minimum Gasteiger partial charge on any atom is -0.449 e. The Kier molecular flexibility index (Phi) is 14.4. The van der Waals surface area contributed by atoms with Gasteiger partial charge in [-0.15, -0.1) is 0 Å². The van der Waals surface area contributed by atoms with E-state index in [1.807, 2.05) is 19.3 Å². The predicted octanol–water partition coefficient (Wildman–Crippen LogP) is 9.85. The van der Waals surface area contributed by atoms with E-state index in [2.05, 4.69) is 21.6 Å². The number of unbranched alkanes of at least 4 members (excludes halogenated alkanes) is 9. The molecule has 0 aliphatic rings. The van der Waals surface area contributed by atoms with Crippen LogP contribution < -0.4 is 4.74 Å². The second-order valence-corrected chi connectivity index (χ2v) is 11.2. The van der Waals surface area contributed by atoms with Crippen LogP contribution in [0.25, 0.3) is 11.4 Å². The zero-order valence-corrected chi connectivity index (χ0v) is 26.0. The van der Waals surface area contributed by atoms with Gasteiger partial charge in [0, 0.05) is 24.0 Å². The van der Waals surface area contributed by atoms with Crippen LogP contribution in [0, 0.1) is 5.82 Å². The monoisotopic (exact) mass is 630 g/mol. The smallest absolute Gasteiger partial charge is 0.425 e. The van der Waals surface area contributed by atoms with E-state index in [9.17, 15) is 27.2 Å². The number of benzene rings is 2. The Hall–Kier alpha value is -3.82. The molecule has 0 aliphatic carbocycles. The quantitative estimate of drug-likeness (QED) is 0.0603. The molecule has 0 fully saturated rings. The van der Waals surface area contributed by atoms with Crippen molar-refractivity contribution < 1.29 is 36.6 Å². The summed E-state index contributed by atoms with van der Waals surface area (Å²) in [6.07, 6.45) is 8.08. The van der Waals surface area contributed by atoms with Gasteiger partial charge in [0.15, 0.2) is 11.9 Å². The maximum absolute atomic E-state index is 14.7. The fourth-order valence-corrected chi connectivity index (χ4v) is 4.80. The molecule has 0 aliphatic heterocycles. The average Bonchev–Trinajstić information content (AvgIpc) is 3.02. The Morgan fingerprint density at radius 2 is 1.38 bits per heavy atom. The van der Waals surface area contributed by atoms with Crippen molar-refractivity contribution in [3.05, 3.63) is 77.4 Å². The molecule has 0 radical (unpaired) electrons. The maximum atomic E-state index is 14.7. The van der Waals surface area contributed by atoms with Crippen LogP contribution in [0.3, 0.4) is 0 Å². The highest BCUT2D eigenvalue weighted by Gasteiger charge is 2.42. The van der Waals surface area contributed by atoms with E-state index in [1.165, 1.54) is 50.7 Å². The highest BCUT2D eigenvalue weighted by molar-refractivity contribution is 5.92. The zero-order chi connectivity index (χ0) is 32.7. The van der Waals surface area contributed by atoms with Gasteiger partial charge in [-0.05, 0) is 55.5 Å². The number of aromatic nitrogens is 2. The maximum Gasteiger partial charge on any atom is 0.425 e. The Morgan fingerprint density at radius 3 is 1.98 bits per heavy atom. The fraction of sp³-hybridized carbons (Fsp3) is 0.486. The lowest BCUT2D eigenvalue weighted by Gasteiger charge is -2.21. The third-order valence-electron chi connectivity index (χ3n) is 7.46. The number of nitrogens with zero attached hydrogens (tertiary/aromatic N) is 2. The lowest BCUT2D eigenvalue weighted by Crippen LogP contribution is -2.34. The van der Waals surface area contributed by atoms with Crippen molar-refractivity contribution in [2.45, 2.75) is 110 Å². The minimum atomic E-state index is -4.77. The molecular weight excluding hydrogens is 588 g/mol. The molecule has 1 aromatic heterocycles. The van der Waals surface area contributed by atoms with E-state index < -0.39 is 42.0 Å². The van der Waals surface area contributed by atoms with Crippen LogP contribution in [0.2, 0.25) is 0 Å². The molecule has 0 N–H and O–H groups in total. The molecule has 3 aromatic rings. The molecule has 0 bridgehead atoms. The number of esters is 2. The first-order valence-corrected chi connectivity index (χ1v) is 15.8. The summed E-state index contributed by atoms with van der Waals surface area (Å²) in [4.78, 5) is 33.9. The summed E-state index contributed by atoms with van der Waals surface area (Å²) in [5.41, 5.74) is 1.26. The molecule has 3 rings (SSSR count). The molecule has 45 heavy (non-hydrogen) atoms. The number of alkyl halides is 3. The standard InChI is InChI=1S/C35H42F4N2O4/c1-3-5-7-9-10-11-12-14-25-23-40-32(41-24-25)26-16-18-27(19-17-26)33(42)44-28-20-21-29(30(36)22-28)34(43)45-31(35(37,38)39)15-13-8-6-4-2/h16-24,31H,3-15H2,1-2H3. The number of hydrogen-bond donors (Lipinski definition) is 0. The van der Waals surface area contributed by atoms with Gasteiger partial charge in [-0.25, -0.2) is 23.9 Å². The van der Waals surface area contributed by atoms with E-state index >= 15 is 0 Å². The van der Waals surface area contributed by atoms with Crippen molar-refractivity contribution in [2.75, 3.05) is 0 Å². The molecule has 1 unspecified atom stereocenters. The summed E-state index contributed by atoms with van der Waals surface area (Å²) < 4.78 is 64.6. The van der Waals surface area contributed by atoms with Gasteiger partial charge >= 0.3 is 18.1 Å². The number of carbonyl (C=O) groups is 2.